The zero-order valence-corrected chi connectivity index (χ0v) is 31.2. The van der Waals surface area contributed by atoms with E-state index in [-0.39, 0.29) is 36.8 Å². The van der Waals surface area contributed by atoms with E-state index in [2.05, 4.69) is 53.4 Å². The van der Waals surface area contributed by atoms with E-state index in [0.29, 0.717) is 0 Å². The molecule has 1 fully saturated rings. The molecule has 3 aliphatic rings. The fourth-order valence-corrected chi connectivity index (χ4v) is 9.57. The molecule has 4 aromatic carbocycles. The van der Waals surface area contributed by atoms with Crippen LogP contribution in [0.4, 0.5) is 11.4 Å². The number of Topliss-reactive ketones (excluding diaryl/α,β-unsaturated/α-hetero) is 2. The summed E-state index contributed by atoms with van der Waals surface area (Å²) in [4.78, 5) is 40.1. The van der Waals surface area contributed by atoms with Gasteiger partial charge < -0.3 is 4.90 Å². The van der Waals surface area contributed by atoms with Crippen LogP contribution < -0.4 is 4.90 Å². The fraction of sp³-hybridized carbons (Fsp3) is 0.136. The van der Waals surface area contributed by atoms with Gasteiger partial charge in [0.05, 0.1) is 59.6 Å². The molecule has 1 saturated carbocycles. The Morgan fingerprint density at radius 3 is 1.77 bits per heavy atom. The first-order valence-electron chi connectivity index (χ1n) is 17.5. The van der Waals surface area contributed by atoms with Gasteiger partial charge in [-0.05, 0) is 71.7 Å². The number of hydrogen-bond donors (Lipinski definition) is 0. The molecule has 0 radical (unpaired) electrons. The smallest absolute Gasteiger partial charge is 0.199 e. The van der Waals surface area contributed by atoms with Gasteiger partial charge in [0.15, 0.2) is 11.6 Å². The molecule has 9 rings (SSSR count). The van der Waals surface area contributed by atoms with Crippen LogP contribution in [0.2, 0.25) is 20.1 Å². The first-order chi connectivity index (χ1) is 25.8. The number of fused-ring (bicyclic) bond motifs is 5. The molecule has 0 unspecified atom stereocenters. The molecule has 53 heavy (non-hydrogen) atoms. The number of rotatable bonds is 4. The van der Waals surface area contributed by atoms with Gasteiger partial charge in [0.25, 0.3) is 0 Å². The largest absolute Gasteiger partial charge is 0.312 e. The summed E-state index contributed by atoms with van der Waals surface area (Å²) in [5.74, 6) is -1.08. The highest BCUT2D eigenvalue weighted by molar-refractivity contribution is 6.57. The lowest BCUT2D eigenvalue weighted by molar-refractivity contribution is 0.0989. The summed E-state index contributed by atoms with van der Waals surface area (Å²) in [6, 6.07) is 30.9. The van der Waals surface area contributed by atoms with E-state index in [0.717, 1.165) is 77.1 Å². The molecule has 6 aromatic rings. The summed E-state index contributed by atoms with van der Waals surface area (Å²) in [5.41, 5.74) is 7.05. The van der Waals surface area contributed by atoms with Gasteiger partial charge in [0.2, 0.25) is 0 Å². The number of anilines is 2. The second-order valence-corrected chi connectivity index (χ2v) is 15.1. The maximum absolute atomic E-state index is 14.0. The first-order valence-corrected chi connectivity index (χ1v) is 19.0. The standard InChI is InChI=1S/C44H29Cl4N3O2/c45-37-34-35(38(46)40(48)39(37)47)43(53)29(42(34)52)18-20-33-44(21-6-1-7-22-44)36-26-12-3-2-11-25(26)17-19-32(36)51(33)41-27(30-15-4-8-23-49-30)13-10-14-28(41)31-16-5-9-24-50-31/h2-5,8-20,23-24H,1,6-7,21-22H2/b33-20+. The van der Waals surface area contributed by atoms with Crippen LogP contribution in [0.25, 0.3) is 33.3 Å². The van der Waals surface area contributed by atoms with Crippen molar-refractivity contribution in [1.82, 2.24) is 9.97 Å². The summed E-state index contributed by atoms with van der Waals surface area (Å²) in [6.07, 6.45) is 12.1. The van der Waals surface area contributed by atoms with E-state index in [1.807, 2.05) is 48.5 Å². The van der Waals surface area contributed by atoms with Crippen molar-refractivity contribution >= 4 is 80.1 Å². The van der Waals surface area contributed by atoms with Gasteiger partial charge in [-0.2, -0.15) is 0 Å². The van der Waals surface area contributed by atoms with Crippen LogP contribution in [0, 0.1) is 0 Å². The SMILES string of the molecule is O=C1C(=C/C=C2/N(c3c(-c4ccccn4)cccc3-c3ccccn3)c3ccc4ccccc4c3C23CCCCC3)C(=O)c2c(Cl)c(Cl)c(Cl)c(Cl)c21. The Hall–Kier alpha value is -4.78. The van der Waals surface area contributed by atoms with Crippen molar-refractivity contribution in [1.29, 1.82) is 0 Å². The van der Waals surface area contributed by atoms with Crippen LogP contribution in [-0.2, 0) is 5.41 Å². The highest BCUT2D eigenvalue weighted by atomic mass is 35.5. The fourth-order valence-electron chi connectivity index (χ4n) is 8.54. The highest BCUT2D eigenvalue weighted by Crippen LogP contribution is 2.61. The van der Waals surface area contributed by atoms with Crippen molar-refractivity contribution in [3.63, 3.8) is 0 Å². The van der Waals surface area contributed by atoms with Crippen LogP contribution in [0.1, 0.15) is 58.4 Å². The number of carbonyl (C=O) groups excluding carboxylic acids is 2. The topological polar surface area (TPSA) is 63.2 Å². The normalized spacial score (nSPS) is 16.9. The summed E-state index contributed by atoms with van der Waals surface area (Å²) >= 11 is 25.8. The molecule has 2 aromatic heterocycles. The monoisotopic (exact) mass is 771 g/mol. The van der Waals surface area contributed by atoms with Crippen LogP contribution >= 0.6 is 46.4 Å². The summed E-state index contributed by atoms with van der Waals surface area (Å²) < 4.78 is 0. The number of ketones is 2. The van der Waals surface area contributed by atoms with Gasteiger partial charge in [-0.25, -0.2) is 0 Å². The van der Waals surface area contributed by atoms with E-state index in [1.165, 1.54) is 10.9 Å². The lowest BCUT2D eigenvalue weighted by Gasteiger charge is -2.38. The van der Waals surface area contributed by atoms with Gasteiger partial charge in [0, 0.05) is 34.6 Å². The van der Waals surface area contributed by atoms with Crippen molar-refractivity contribution in [3.05, 3.63) is 164 Å². The third kappa shape index (κ3) is 5.20. The number of nitrogens with zero attached hydrogens (tertiary/aromatic N) is 3. The predicted molar refractivity (Wildman–Crippen MR) is 215 cm³/mol. The number of para-hydroxylation sites is 1. The Morgan fingerprint density at radius 2 is 1.19 bits per heavy atom. The quantitative estimate of drug-likeness (QED) is 0.0773. The average Bonchev–Trinajstić information content (AvgIpc) is 3.61. The number of halogens is 4. The second-order valence-electron chi connectivity index (χ2n) is 13.6. The molecule has 0 amide bonds. The molecule has 1 spiro atoms. The van der Waals surface area contributed by atoms with Crippen LogP contribution in [0.5, 0.6) is 0 Å². The average molecular weight is 774 g/mol. The molecule has 0 N–H and O–H groups in total. The lowest BCUT2D eigenvalue weighted by atomic mass is 9.67. The van der Waals surface area contributed by atoms with E-state index in [1.54, 1.807) is 18.5 Å². The van der Waals surface area contributed by atoms with Gasteiger partial charge in [-0.3, -0.25) is 19.6 Å². The molecular weight excluding hydrogens is 744 g/mol. The molecule has 0 atom stereocenters. The molecule has 1 aliphatic heterocycles. The molecular formula is C44H29Cl4N3O2. The minimum atomic E-state index is -0.541. The Morgan fingerprint density at radius 1 is 0.604 bits per heavy atom. The Balaban J connectivity index is 1.37. The van der Waals surface area contributed by atoms with Crippen LogP contribution in [-0.4, -0.2) is 21.5 Å². The van der Waals surface area contributed by atoms with E-state index < -0.39 is 17.0 Å². The minimum Gasteiger partial charge on any atom is -0.312 e. The summed E-state index contributed by atoms with van der Waals surface area (Å²) in [6.45, 7) is 0. The lowest BCUT2D eigenvalue weighted by Crippen LogP contribution is -2.32. The molecule has 260 valence electrons. The summed E-state index contributed by atoms with van der Waals surface area (Å²) in [5, 5.41) is 2.03. The minimum absolute atomic E-state index is 0.0245. The molecule has 0 saturated heterocycles. The molecule has 9 heteroatoms. The molecule has 0 bridgehead atoms. The second kappa shape index (κ2) is 13.3. The predicted octanol–water partition coefficient (Wildman–Crippen LogP) is 12.8. The third-order valence-corrected chi connectivity index (χ3v) is 12.6. The maximum atomic E-state index is 14.0. The van der Waals surface area contributed by atoms with Crippen LogP contribution in [0.15, 0.2) is 127 Å². The van der Waals surface area contributed by atoms with E-state index in [9.17, 15) is 9.59 Å². The van der Waals surface area contributed by atoms with Crippen molar-refractivity contribution < 1.29 is 9.59 Å². The van der Waals surface area contributed by atoms with Crippen LogP contribution in [0.3, 0.4) is 0 Å². The van der Waals surface area contributed by atoms with Gasteiger partial charge >= 0.3 is 0 Å². The Bertz CT molecular complexity index is 2470. The van der Waals surface area contributed by atoms with Gasteiger partial charge in [-0.1, -0.05) is 126 Å². The van der Waals surface area contributed by atoms with E-state index in [4.69, 9.17) is 56.4 Å². The van der Waals surface area contributed by atoms with Crippen molar-refractivity contribution in [2.45, 2.75) is 37.5 Å². The zero-order valence-electron chi connectivity index (χ0n) is 28.2. The van der Waals surface area contributed by atoms with E-state index >= 15 is 0 Å². The molecule has 5 nitrogen and oxygen atoms in total. The Kier molecular flexibility index (Phi) is 8.51. The van der Waals surface area contributed by atoms with Gasteiger partial charge in [0.1, 0.15) is 0 Å². The summed E-state index contributed by atoms with van der Waals surface area (Å²) in [7, 11) is 0. The maximum Gasteiger partial charge on any atom is 0.199 e. The first kappa shape index (κ1) is 34.0. The van der Waals surface area contributed by atoms with Crippen molar-refractivity contribution in [3.8, 4) is 22.5 Å². The molecule has 3 heterocycles. The number of hydrogen-bond acceptors (Lipinski definition) is 5. The van der Waals surface area contributed by atoms with Crippen molar-refractivity contribution in [2.24, 2.45) is 0 Å². The zero-order chi connectivity index (χ0) is 36.4. The third-order valence-electron chi connectivity index (χ3n) is 10.8. The van der Waals surface area contributed by atoms with Gasteiger partial charge in [-0.15, -0.1) is 0 Å². The molecule has 2 aliphatic carbocycles. The number of aromatic nitrogens is 2. The number of allylic oxidation sites excluding steroid dienone is 4. The van der Waals surface area contributed by atoms with Crippen molar-refractivity contribution in [2.75, 3.05) is 4.90 Å². The number of carbonyl (C=O) groups is 2. The highest BCUT2D eigenvalue weighted by Gasteiger charge is 2.50. The Labute approximate surface area is 326 Å². The number of pyridine rings is 2. The number of benzene rings is 4.